The minimum Gasteiger partial charge on any atom is -0.0922 e. The van der Waals surface area contributed by atoms with E-state index in [-0.39, 0.29) is 0 Å². The summed E-state index contributed by atoms with van der Waals surface area (Å²) in [5.41, 5.74) is 0.482. The minimum atomic E-state index is 0.482. The second-order valence-corrected chi connectivity index (χ2v) is 5.21. The Labute approximate surface area is 84.6 Å². The van der Waals surface area contributed by atoms with Gasteiger partial charge in [0, 0.05) is 5.33 Å². The van der Waals surface area contributed by atoms with Gasteiger partial charge in [-0.05, 0) is 37.0 Å². The highest BCUT2D eigenvalue weighted by Crippen LogP contribution is 2.33. The van der Waals surface area contributed by atoms with Gasteiger partial charge in [-0.25, -0.2) is 0 Å². The molecule has 0 saturated heterocycles. The van der Waals surface area contributed by atoms with E-state index in [4.69, 9.17) is 0 Å². The van der Waals surface area contributed by atoms with Crippen LogP contribution in [0.4, 0.5) is 0 Å². The van der Waals surface area contributed by atoms with E-state index >= 15 is 0 Å². The van der Waals surface area contributed by atoms with E-state index in [2.05, 4.69) is 41.9 Å². The van der Waals surface area contributed by atoms with E-state index in [1.807, 2.05) is 0 Å². The minimum absolute atomic E-state index is 0.482. The first-order valence-electron chi connectivity index (χ1n) is 4.85. The van der Waals surface area contributed by atoms with Crippen LogP contribution in [0.5, 0.6) is 0 Å². The first-order valence-corrected chi connectivity index (χ1v) is 5.97. The third-order valence-corrected chi connectivity index (χ3v) is 4.10. The van der Waals surface area contributed by atoms with Crippen LogP contribution in [-0.2, 0) is 0 Å². The van der Waals surface area contributed by atoms with E-state index in [9.17, 15) is 0 Å². The summed E-state index contributed by atoms with van der Waals surface area (Å²) in [6.07, 6.45) is 10.0. The van der Waals surface area contributed by atoms with Gasteiger partial charge in [0.2, 0.25) is 0 Å². The SMILES string of the molecule is CC(C)(CBr)CC1CC=CCC1. The van der Waals surface area contributed by atoms with Crippen LogP contribution in [0.25, 0.3) is 0 Å². The monoisotopic (exact) mass is 230 g/mol. The molecule has 1 unspecified atom stereocenters. The zero-order valence-electron chi connectivity index (χ0n) is 8.15. The lowest BCUT2D eigenvalue weighted by atomic mass is 9.80. The molecule has 0 N–H and O–H groups in total. The Kier molecular flexibility index (Phi) is 3.82. The number of hydrogen-bond acceptors (Lipinski definition) is 0. The Hall–Kier alpha value is 0.220. The van der Waals surface area contributed by atoms with Crippen LogP contribution >= 0.6 is 15.9 Å². The molecule has 0 amide bonds. The second kappa shape index (κ2) is 4.45. The number of alkyl halides is 1. The highest BCUT2D eigenvalue weighted by Gasteiger charge is 2.22. The third-order valence-electron chi connectivity index (χ3n) is 2.58. The number of hydrogen-bond donors (Lipinski definition) is 0. The van der Waals surface area contributed by atoms with Crippen molar-refractivity contribution in [3.8, 4) is 0 Å². The Bertz CT molecular complexity index is 158. The lowest BCUT2D eigenvalue weighted by Crippen LogP contribution is -2.19. The summed E-state index contributed by atoms with van der Waals surface area (Å²) in [5.74, 6) is 0.933. The van der Waals surface area contributed by atoms with Crippen LogP contribution < -0.4 is 0 Å². The summed E-state index contributed by atoms with van der Waals surface area (Å²) in [5, 5.41) is 1.13. The lowest BCUT2D eigenvalue weighted by molar-refractivity contribution is 0.287. The zero-order valence-corrected chi connectivity index (χ0v) is 9.73. The molecule has 1 aliphatic carbocycles. The molecular weight excluding hydrogens is 212 g/mol. The number of halogens is 1. The Morgan fingerprint density at radius 1 is 1.42 bits per heavy atom. The first kappa shape index (κ1) is 10.3. The topological polar surface area (TPSA) is 0 Å². The molecule has 70 valence electrons. The fourth-order valence-corrected chi connectivity index (χ4v) is 2.11. The molecule has 0 spiro atoms. The van der Waals surface area contributed by atoms with Crippen molar-refractivity contribution in [3.63, 3.8) is 0 Å². The van der Waals surface area contributed by atoms with Crippen molar-refractivity contribution in [1.82, 2.24) is 0 Å². The standard InChI is InChI=1S/C11H19Br/c1-11(2,9-12)8-10-6-4-3-5-7-10/h3-4,10H,5-9H2,1-2H3. The molecule has 0 aliphatic heterocycles. The molecule has 0 radical (unpaired) electrons. The van der Waals surface area contributed by atoms with Crippen LogP contribution in [0.3, 0.4) is 0 Å². The van der Waals surface area contributed by atoms with Gasteiger partial charge in [0.25, 0.3) is 0 Å². The van der Waals surface area contributed by atoms with E-state index in [0.29, 0.717) is 5.41 Å². The molecule has 0 aromatic carbocycles. The Balaban J connectivity index is 2.35. The quantitative estimate of drug-likeness (QED) is 0.505. The third kappa shape index (κ3) is 3.30. The van der Waals surface area contributed by atoms with Crippen molar-refractivity contribution >= 4 is 15.9 Å². The van der Waals surface area contributed by atoms with E-state index < -0.39 is 0 Å². The van der Waals surface area contributed by atoms with E-state index in [1.165, 1.54) is 25.7 Å². The smallest absolute Gasteiger partial charge is 0.00827 e. The van der Waals surface area contributed by atoms with Crippen LogP contribution in [0.1, 0.15) is 39.5 Å². The predicted molar refractivity (Wildman–Crippen MR) is 58.7 cm³/mol. The maximum atomic E-state index is 3.58. The molecule has 1 aliphatic rings. The van der Waals surface area contributed by atoms with Gasteiger partial charge in [-0.15, -0.1) is 0 Å². The Morgan fingerprint density at radius 2 is 2.17 bits per heavy atom. The molecule has 0 nitrogen and oxygen atoms in total. The van der Waals surface area contributed by atoms with Gasteiger partial charge in [0.1, 0.15) is 0 Å². The largest absolute Gasteiger partial charge is 0.0922 e. The van der Waals surface area contributed by atoms with Crippen molar-refractivity contribution in [1.29, 1.82) is 0 Å². The maximum Gasteiger partial charge on any atom is 0.00827 e. The van der Waals surface area contributed by atoms with Gasteiger partial charge < -0.3 is 0 Å². The molecule has 1 rings (SSSR count). The Morgan fingerprint density at radius 3 is 2.67 bits per heavy atom. The zero-order chi connectivity index (χ0) is 9.03. The average Bonchev–Trinajstić information content (AvgIpc) is 2.06. The lowest BCUT2D eigenvalue weighted by Gasteiger charge is -2.28. The summed E-state index contributed by atoms with van der Waals surface area (Å²) in [4.78, 5) is 0. The molecule has 0 saturated carbocycles. The fourth-order valence-electron chi connectivity index (χ4n) is 1.88. The average molecular weight is 231 g/mol. The van der Waals surface area contributed by atoms with Crippen molar-refractivity contribution in [2.75, 3.05) is 5.33 Å². The van der Waals surface area contributed by atoms with Gasteiger partial charge in [0.05, 0.1) is 0 Å². The van der Waals surface area contributed by atoms with Gasteiger partial charge in [-0.3, -0.25) is 0 Å². The van der Waals surface area contributed by atoms with Gasteiger partial charge >= 0.3 is 0 Å². The summed E-state index contributed by atoms with van der Waals surface area (Å²) < 4.78 is 0. The molecule has 0 fully saturated rings. The predicted octanol–water partition coefficient (Wildman–Crippen LogP) is 4.15. The van der Waals surface area contributed by atoms with Crippen LogP contribution in [0.2, 0.25) is 0 Å². The summed E-state index contributed by atoms with van der Waals surface area (Å²) >= 11 is 3.58. The normalized spacial score (nSPS) is 24.4. The molecule has 1 heteroatoms. The summed E-state index contributed by atoms with van der Waals surface area (Å²) in [7, 11) is 0. The van der Waals surface area contributed by atoms with Crippen molar-refractivity contribution in [3.05, 3.63) is 12.2 Å². The van der Waals surface area contributed by atoms with Crippen LogP contribution in [-0.4, -0.2) is 5.33 Å². The maximum absolute atomic E-state index is 3.58. The van der Waals surface area contributed by atoms with E-state index in [1.54, 1.807) is 0 Å². The van der Waals surface area contributed by atoms with Crippen molar-refractivity contribution in [2.45, 2.75) is 39.5 Å². The summed E-state index contributed by atoms with van der Waals surface area (Å²) in [6, 6.07) is 0. The molecule has 1 atom stereocenters. The molecule has 0 aromatic rings. The van der Waals surface area contributed by atoms with Gasteiger partial charge in [-0.2, -0.15) is 0 Å². The summed E-state index contributed by atoms with van der Waals surface area (Å²) in [6.45, 7) is 4.69. The highest BCUT2D eigenvalue weighted by atomic mass is 79.9. The van der Waals surface area contributed by atoms with Gasteiger partial charge in [0.15, 0.2) is 0 Å². The second-order valence-electron chi connectivity index (χ2n) is 4.65. The van der Waals surface area contributed by atoms with Crippen molar-refractivity contribution in [2.24, 2.45) is 11.3 Å². The molecule has 0 bridgehead atoms. The molecule has 12 heavy (non-hydrogen) atoms. The number of allylic oxidation sites excluding steroid dienone is 2. The van der Waals surface area contributed by atoms with Crippen molar-refractivity contribution < 1.29 is 0 Å². The van der Waals surface area contributed by atoms with E-state index in [0.717, 1.165) is 11.2 Å². The number of rotatable bonds is 3. The van der Waals surface area contributed by atoms with Crippen LogP contribution in [0.15, 0.2) is 12.2 Å². The van der Waals surface area contributed by atoms with Gasteiger partial charge in [-0.1, -0.05) is 41.9 Å². The fraction of sp³-hybridized carbons (Fsp3) is 0.818. The molecular formula is C11H19Br. The molecule has 0 aromatic heterocycles. The van der Waals surface area contributed by atoms with Crippen LogP contribution in [0, 0.1) is 11.3 Å². The highest BCUT2D eigenvalue weighted by molar-refractivity contribution is 9.09. The molecule has 0 heterocycles. The first-order chi connectivity index (χ1) is 5.64.